The van der Waals surface area contributed by atoms with E-state index in [0.29, 0.717) is 12.1 Å². The molecular formula is C13H26N2O. The molecule has 1 aliphatic heterocycles. The monoisotopic (exact) mass is 226 g/mol. The molecule has 4 unspecified atom stereocenters. The van der Waals surface area contributed by atoms with E-state index < -0.39 is 0 Å². The zero-order valence-electron chi connectivity index (χ0n) is 10.7. The van der Waals surface area contributed by atoms with E-state index in [1.165, 1.54) is 25.7 Å². The van der Waals surface area contributed by atoms with Crippen molar-refractivity contribution in [3.05, 3.63) is 0 Å². The van der Waals surface area contributed by atoms with E-state index in [4.69, 9.17) is 10.5 Å². The van der Waals surface area contributed by atoms with Crippen molar-refractivity contribution in [1.29, 1.82) is 0 Å². The second kappa shape index (κ2) is 5.03. The summed E-state index contributed by atoms with van der Waals surface area (Å²) < 4.78 is 5.64. The van der Waals surface area contributed by atoms with Gasteiger partial charge in [-0.25, -0.2) is 0 Å². The van der Waals surface area contributed by atoms with E-state index in [0.717, 1.165) is 25.5 Å². The average Bonchev–Trinajstić information content (AvgIpc) is 2.58. The van der Waals surface area contributed by atoms with Gasteiger partial charge >= 0.3 is 0 Å². The predicted molar refractivity (Wildman–Crippen MR) is 66.4 cm³/mol. The zero-order valence-corrected chi connectivity index (χ0v) is 10.7. The molecule has 0 bridgehead atoms. The Kier molecular flexibility index (Phi) is 3.88. The van der Waals surface area contributed by atoms with E-state index in [-0.39, 0.29) is 5.54 Å². The Morgan fingerprint density at radius 1 is 1.44 bits per heavy atom. The molecule has 0 aromatic rings. The zero-order chi connectivity index (χ0) is 11.6. The number of ether oxygens (including phenoxy) is 1. The molecule has 0 aromatic carbocycles. The first-order chi connectivity index (χ1) is 7.60. The van der Waals surface area contributed by atoms with Crippen LogP contribution >= 0.6 is 0 Å². The minimum absolute atomic E-state index is 0.182. The molecule has 1 saturated carbocycles. The maximum absolute atomic E-state index is 6.02. The van der Waals surface area contributed by atoms with E-state index in [9.17, 15) is 0 Å². The molecule has 3 heteroatoms. The molecule has 3 N–H and O–H groups in total. The van der Waals surface area contributed by atoms with Gasteiger partial charge in [0.1, 0.15) is 0 Å². The fourth-order valence-corrected chi connectivity index (χ4v) is 2.96. The van der Waals surface area contributed by atoms with Crippen LogP contribution in [0.15, 0.2) is 0 Å². The van der Waals surface area contributed by atoms with E-state index in [2.05, 4.69) is 19.2 Å². The summed E-state index contributed by atoms with van der Waals surface area (Å²) in [6.45, 7) is 6.47. The van der Waals surface area contributed by atoms with Gasteiger partial charge in [0.15, 0.2) is 0 Å². The van der Waals surface area contributed by atoms with Crippen LogP contribution in [-0.2, 0) is 4.74 Å². The number of nitrogens with two attached hydrogens (primary N) is 1. The summed E-state index contributed by atoms with van der Waals surface area (Å²) in [5.74, 6) is 0.772. The van der Waals surface area contributed by atoms with Crippen molar-refractivity contribution in [3.8, 4) is 0 Å². The molecule has 4 atom stereocenters. The molecule has 94 valence electrons. The predicted octanol–water partition coefficient (Wildman–Crippen LogP) is 1.66. The van der Waals surface area contributed by atoms with Crippen LogP contribution in [-0.4, -0.2) is 30.8 Å². The Balaban J connectivity index is 1.78. The Labute approximate surface area is 99.1 Å². The normalized spacial score (nSPS) is 44.8. The van der Waals surface area contributed by atoms with Crippen LogP contribution in [0.25, 0.3) is 0 Å². The Bertz CT molecular complexity index is 234. The van der Waals surface area contributed by atoms with Gasteiger partial charge in [-0.3, -0.25) is 0 Å². The van der Waals surface area contributed by atoms with Crippen LogP contribution in [0.2, 0.25) is 0 Å². The Morgan fingerprint density at radius 3 is 2.88 bits per heavy atom. The van der Waals surface area contributed by atoms with Crippen molar-refractivity contribution in [3.63, 3.8) is 0 Å². The van der Waals surface area contributed by atoms with Crippen LogP contribution in [0.5, 0.6) is 0 Å². The first kappa shape index (κ1) is 12.3. The molecule has 2 rings (SSSR count). The minimum atomic E-state index is 0.182. The molecule has 1 heterocycles. The van der Waals surface area contributed by atoms with Crippen LogP contribution in [0.4, 0.5) is 0 Å². The highest BCUT2D eigenvalue weighted by Gasteiger charge is 2.37. The number of hydrogen-bond acceptors (Lipinski definition) is 3. The lowest BCUT2D eigenvalue weighted by atomic mass is 9.85. The van der Waals surface area contributed by atoms with E-state index >= 15 is 0 Å². The van der Waals surface area contributed by atoms with Gasteiger partial charge in [-0.1, -0.05) is 6.42 Å². The van der Waals surface area contributed by atoms with Gasteiger partial charge in [0, 0.05) is 18.2 Å². The van der Waals surface area contributed by atoms with E-state index in [1.54, 1.807) is 0 Å². The molecule has 0 radical (unpaired) electrons. The maximum Gasteiger partial charge on any atom is 0.0726 e. The van der Waals surface area contributed by atoms with Gasteiger partial charge in [0.25, 0.3) is 0 Å². The third-order valence-electron chi connectivity index (χ3n) is 4.50. The van der Waals surface area contributed by atoms with E-state index in [1.807, 2.05) is 0 Å². The van der Waals surface area contributed by atoms with Gasteiger partial charge in [-0.15, -0.1) is 0 Å². The van der Waals surface area contributed by atoms with Crippen molar-refractivity contribution in [2.75, 3.05) is 13.2 Å². The molecule has 2 fully saturated rings. The third-order valence-corrected chi connectivity index (χ3v) is 4.50. The fraction of sp³-hybridized carbons (Fsp3) is 1.00. The minimum Gasteiger partial charge on any atom is -0.377 e. The molecule has 0 amide bonds. The standard InChI is InChI=1S/C13H26N2O/c1-10-13(2,6-7-16-10)15-9-11-4-3-5-12(14)8-11/h10-12,15H,3-9,14H2,1-2H3. The molecule has 3 nitrogen and oxygen atoms in total. The highest BCUT2D eigenvalue weighted by Crippen LogP contribution is 2.27. The second-order valence-electron chi connectivity index (χ2n) is 5.85. The Morgan fingerprint density at radius 2 is 2.25 bits per heavy atom. The fourth-order valence-electron chi connectivity index (χ4n) is 2.96. The molecular weight excluding hydrogens is 200 g/mol. The van der Waals surface area contributed by atoms with Gasteiger partial charge in [0.2, 0.25) is 0 Å². The summed E-state index contributed by atoms with van der Waals surface area (Å²) in [6.07, 6.45) is 6.52. The molecule has 2 aliphatic rings. The summed E-state index contributed by atoms with van der Waals surface area (Å²) >= 11 is 0. The molecule has 0 spiro atoms. The maximum atomic E-state index is 6.02. The SMILES string of the molecule is CC1OCCC1(C)NCC1CCCC(N)C1. The van der Waals surface area contributed by atoms with Crippen molar-refractivity contribution in [1.82, 2.24) is 5.32 Å². The Hall–Kier alpha value is -0.120. The lowest BCUT2D eigenvalue weighted by Gasteiger charge is -2.33. The number of hydrogen-bond donors (Lipinski definition) is 2. The van der Waals surface area contributed by atoms with Crippen molar-refractivity contribution < 1.29 is 4.74 Å². The summed E-state index contributed by atoms with van der Waals surface area (Å²) in [7, 11) is 0. The van der Waals surface area contributed by atoms with Gasteiger partial charge in [0.05, 0.1) is 6.10 Å². The third kappa shape index (κ3) is 2.76. The van der Waals surface area contributed by atoms with Crippen molar-refractivity contribution >= 4 is 0 Å². The summed E-state index contributed by atoms with van der Waals surface area (Å²) in [6, 6.07) is 0.436. The topological polar surface area (TPSA) is 47.3 Å². The van der Waals surface area contributed by atoms with Crippen LogP contribution in [0.1, 0.15) is 46.0 Å². The lowest BCUT2D eigenvalue weighted by Crippen LogP contribution is -2.50. The van der Waals surface area contributed by atoms with Crippen LogP contribution in [0, 0.1) is 5.92 Å². The second-order valence-corrected chi connectivity index (χ2v) is 5.85. The van der Waals surface area contributed by atoms with Crippen molar-refractivity contribution in [2.24, 2.45) is 11.7 Å². The summed E-state index contributed by atoms with van der Waals surface area (Å²) in [5.41, 5.74) is 6.20. The lowest BCUT2D eigenvalue weighted by molar-refractivity contribution is 0.0860. The highest BCUT2D eigenvalue weighted by atomic mass is 16.5. The van der Waals surface area contributed by atoms with Gasteiger partial charge < -0.3 is 15.8 Å². The summed E-state index contributed by atoms with van der Waals surface area (Å²) in [5, 5.41) is 3.72. The first-order valence-electron chi connectivity index (χ1n) is 6.72. The number of nitrogens with one attached hydrogen (secondary N) is 1. The van der Waals surface area contributed by atoms with Crippen LogP contribution in [0.3, 0.4) is 0 Å². The highest BCUT2D eigenvalue weighted by molar-refractivity contribution is 4.94. The van der Waals surface area contributed by atoms with Gasteiger partial charge in [-0.2, -0.15) is 0 Å². The molecule has 1 saturated heterocycles. The molecule has 16 heavy (non-hydrogen) atoms. The quantitative estimate of drug-likeness (QED) is 0.769. The first-order valence-corrected chi connectivity index (χ1v) is 6.72. The molecule has 0 aromatic heterocycles. The average molecular weight is 226 g/mol. The number of rotatable bonds is 3. The summed E-state index contributed by atoms with van der Waals surface area (Å²) in [4.78, 5) is 0. The largest absolute Gasteiger partial charge is 0.377 e. The molecule has 1 aliphatic carbocycles. The van der Waals surface area contributed by atoms with Crippen molar-refractivity contribution in [2.45, 2.75) is 63.6 Å². The van der Waals surface area contributed by atoms with Gasteiger partial charge in [-0.05, 0) is 52.0 Å². The smallest absolute Gasteiger partial charge is 0.0726 e. The van der Waals surface area contributed by atoms with Crippen LogP contribution < -0.4 is 11.1 Å².